The fraction of sp³-hybridized carbons (Fsp3) is 0.818. The molecule has 0 bridgehead atoms. The third-order valence-electron chi connectivity index (χ3n) is 4.41. The Hall–Kier alpha value is -2.57. The molecule has 0 spiro atoms. The quantitative estimate of drug-likeness (QED) is 0.0645. The van der Waals surface area contributed by atoms with Crippen LogP contribution in [0.3, 0.4) is 0 Å². The fourth-order valence-corrected chi connectivity index (χ4v) is 3.88. The average molecular weight is 556 g/mol. The van der Waals surface area contributed by atoms with Crippen LogP contribution in [-0.2, 0) is 37.4 Å². The van der Waals surface area contributed by atoms with Gasteiger partial charge in [-0.15, -0.1) is 4.76 Å². The second-order valence-electron chi connectivity index (χ2n) is 8.75. The van der Waals surface area contributed by atoms with E-state index in [0.717, 1.165) is 17.7 Å². The summed E-state index contributed by atoms with van der Waals surface area (Å²) in [5.41, 5.74) is 5.84. The molecule has 0 aliphatic carbocycles. The first kappa shape index (κ1) is 34.4. The number of nitrogens with zero attached hydrogens (tertiary/aromatic N) is 2. The van der Waals surface area contributed by atoms with E-state index in [1.807, 2.05) is 13.8 Å². The molecule has 14 nitrogen and oxygen atoms in total. The van der Waals surface area contributed by atoms with Gasteiger partial charge < -0.3 is 34.7 Å². The van der Waals surface area contributed by atoms with Crippen LogP contribution in [0.4, 0.5) is 9.59 Å². The third-order valence-corrected chi connectivity index (χ3v) is 5.81. The van der Waals surface area contributed by atoms with Gasteiger partial charge in [-0.05, 0) is 12.8 Å². The number of ether oxygens (including phenoxy) is 4. The summed E-state index contributed by atoms with van der Waals surface area (Å²) >= 11 is 0. The smallest absolute Gasteiger partial charge is 0.480 e. The summed E-state index contributed by atoms with van der Waals surface area (Å²) < 4.78 is 48.8. The van der Waals surface area contributed by atoms with Crippen LogP contribution in [0.1, 0.15) is 67.2 Å². The number of likely N-dealkylation sites (N-methyl/N-ethyl adjacent to an activating group) is 1. The highest BCUT2D eigenvalue weighted by Crippen LogP contribution is 2.54. The molecule has 0 saturated heterocycles. The zero-order valence-electron chi connectivity index (χ0n) is 22.7. The topological polar surface area (TPSA) is 186 Å². The molecule has 0 aliphatic heterocycles. The molecule has 37 heavy (non-hydrogen) atoms. The van der Waals surface area contributed by atoms with Crippen molar-refractivity contribution in [3.63, 3.8) is 0 Å². The number of hydrogen-bond donors (Lipinski definition) is 2. The summed E-state index contributed by atoms with van der Waals surface area (Å²) in [4.78, 5) is 36.2. The zero-order chi connectivity index (χ0) is 28.6. The fourth-order valence-electron chi connectivity index (χ4n) is 2.24. The second-order valence-corrected chi connectivity index (χ2v) is 10.3. The third kappa shape index (κ3) is 15.3. The summed E-state index contributed by atoms with van der Waals surface area (Å²) in [6.45, 7) is 9.93. The largest absolute Gasteiger partial charge is 0.510 e. The first-order valence-corrected chi connectivity index (χ1v) is 13.7. The van der Waals surface area contributed by atoms with E-state index in [1.54, 1.807) is 27.7 Å². The minimum Gasteiger partial charge on any atom is -0.480 e. The maximum atomic E-state index is 13.8. The van der Waals surface area contributed by atoms with Gasteiger partial charge in [0.05, 0.1) is 13.2 Å². The van der Waals surface area contributed by atoms with Crippen LogP contribution in [0.25, 0.3) is 0 Å². The van der Waals surface area contributed by atoms with E-state index in [9.17, 15) is 18.9 Å². The van der Waals surface area contributed by atoms with Gasteiger partial charge >= 0.3 is 26.0 Å². The van der Waals surface area contributed by atoms with Crippen molar-refractivity contribution in [1.29, 1.82) is 0 Å². The monoisotopic (exact) mass is 555 g/mol. The molecule has 0 aromatic rings. The van der Waals surface area contributed by atoms with Crippen LogP contribution in [-0.4, -0.2) is 73.6 Å². The number of carbonyl (C=O) groups is 3. The van der Waals surface area contributed by atoms with Crippen molar-refractivity contribution >= 4 is 32.0 Å². The van der Waals surface area contributed by atoms with Gasteiger partial charge in [0, 0.05) is 18.9 Å². The predicted molar refractivity (Wildman–Crippen MR) is 134 cm³/mol. The first-order chi connectivity index (χ1) is 17.2. The summed E-state index contributed by atoms with van der Waals surface area (Å²) in [6.07, 6.45) is -2.25. The van der Waals surface area contributed by atoms with Crippen molar-refractivity contribution < 1.29 is 52.1 Å². The van der Waals surface area contributed by atoms with Gasteiger partial charge in [0.25, 0.3) is 0 Å². The van der Waals surface area contributed by atoms with Crippen LogP contribution in [0.2, 0.25) is 0 Å². The van der Waals surface area contributed by atoms with Gasteiger partial charge in [-0.1, -0.05) is 54.4 Å². The van der Waals surface area contributed by atoms with E-state index >= 15 is 0 Å². The Morgan fingerprint density at radius 1 is 0.892 bits per heavy atom. The Bertz CT molecular complexity index is 750. The molecule has 0 rings (SSSR count). The minimum absolute atomic E-state index is 0.114. The van der Waals surface area contributed by atoms with Gasteiger partial charge in [0.15, 0.2) is 0 Å². The van der Waals surface area contributed by atoms with Crippen molar-refractivity contribution in [3.05, 3.63) is 0 Å². The van der Waals surface area contributed by atoms with E-state index < -0.39 is 62.9 Å². The lowest BCUT2D eigenvalue weighted by atomic mass is 10.2. The van der Waals surface area contributed by atoms with Crippen molar-refractivity contribution in [2.75, 3.05) is 26.8 Å². The molecule has 3 N–H and O–H groups in total. The summed E-state index contributed by atoms with van der Waals surface area (Å²) in [5, 5.41) is 9.02. The molecule has 0 radical (unpaired) electrons. The zero-order valence-corrected chi connectivity index (χ0v) is 23.6. The highest BCUT2D eigenvalue weighted by Gasteiger charge is 2.39. The van der Waals surface area contributed by atoms with E-state index in [-0.39, 0.29) is 13.2 Å². The van der Waals surface area contributed by atoms with E-state index in [0.29, 0.717) is 12.8 Å². The summed E-state index contributed by atoms with van der Waals surface area (Å²) in [7, 11) is -3.41. The molecule has 0 aliphatic rings. The van der Waals surface area contributed by atoms with Gasteiger partial charge in [-0.2, -0.15) is 0 Å². The Morgan fingerprint density at radius 2 is 1.30 bits per heavy atom. The molecule has 0 heterocycles. The standard InChI is InChI=1S/C22H42N3O11P/c1-8-10-12-31-21(28)33-18(15(3)4)35-37(30,24-20(23)25(7)14-17(26)27)36-19(16(5)6)34-22(29)32-13-11-9-2/h15-16,18-19H,8-14H2,1-7H3,(H,26,27)(H2,23,24,30). The number of unbranched alkanes of at least 4 members (excludes halogenated alkanes) is 2. The summed E-state index contributed by atoms with van der Waals surface area (Å²) in [6, 6.07) is 0. The predicted octanol–water partition coefficient (Wildman–Crippen LogP) is 4.33. The van der Waals surface area contributed by atoms with Crippen molar-refractivity contribution in [2.45, 2.75) is 79.8 Å². The number of carboxylic acid groups (broad SMARTS) is 1. The number of guanidine groups is 1. The van der Waals surface area contributed by atoms with Crippen molar-refractivity contribution in [1.82, 2.24) is 4.90 Å². The molecule has 216 valence electrons. The minimum atomic E-state index is -4.71. The van der Waals surface area contributed by atoms with Gasteiger partial charge in [0.2, 0.25) is 18.5 Å². The molecule has 0 amide bonds. The SMILES string of the molecule is CCCCOC(=O)OC(OP(=O)(/N=C(/N)N(C)CC(=O)O)OC(OC(=O)OCCCC)C(C)C)C(C)C. The van der Waals surface area contributed by atoms with E-state index in [1.165, 1.54) is 7.05 Å². The van der Waals surface area contributed by atoms with Crippen LogP contribution in [0.15, 0.2) is 4.76 Å². The Labute approximate surface area is 218 Å². The average Bonchev–Trinajstić information content (AvgIpc) is 2.77. The maximum Gasteiger partial charge on any atom is 0.510 e. The highest BCUT2D eigenvalue weighted by molar-refractivity contribution is 7.52. The van der Waals surface area contributed by atoms with E-state index in [2.05, 4.69) is 4.76 Å². The maximum absolute atomic E-state index is 13.8. The number of carbonyl (C=O) groups excluding carboxylic acids is 2. The Kier molecular flexibility index (Phi) is 16.6. The molecule has 2 atom stereocenters. The molecule has 0 aromatic heterocycles. The second kappa shape index (κ2) is 17.8. The molecular formula is C22H42N3O11P. The molecular weight excluding hydrogens is 513 g/mol. The van der Waals surface area contributed by atoms with Crippen LogP contribution in [0, 0.1) is 11.8 Å². The molecule has 15 heteroatoms. The molecule has 0 aromatic carbocycles. The van der Waals surface area contributed by atoms with Gasteiger partial charge in [-0.3, -0.25) is 4.79 Å². The number of carboxylic acids is 1. The summed E-state index contributed by atoms with van der Waals surface area (Å²) in [5.74, 6) is -2.84. The van der Waals surface area contributed by atoms with Gasteiger partial charge in [-0.25, -0.2) is 23.2 Å². The lowest BCUT2D eigenvalue weighted by Crippen LogP contribution is -2.38. The lowest BCUT2D eigenvalue weighted by Gasteiger charge is -2.28. The van der Waals surface area contributed by atoms with Gasteiger partial charge in [0.1, 0.15) is 6.54 Å². The van der Waals surface area contributed by atoms with Crippen LogP contribution >= 0.6 is 7.75 Å². The number of hydrogen-bond acceptors (Lipinski definition) is 10. The highest BCUT2D eigenvalue weighted by atomic mass is 31.2. The molecule has 0 fully saturated rings. The van der Waals surface area contributed by atoms with E-state index in [4.69, 9.17) is 38.8 Å². The van der Waals surface area contributed by atoms with Crippen LogP contribution < -0.4 is 5.73 Å². The van der Waals surface area contributed by atoms with Crippen molar-refractivity contribution in [3.8, 4) is 0 Å². The number of rotatable bonds is 17. The number of aliphatic carboxylic acids is 1. The molecule has 0 saturated carbocycles. The lowest BCUT2D eigenvalue weighted by molar-refractivity contribution is -0.137. The van der Waals surface area contributed by atoms with Crippen molar-refractivity contribution in [2.24, 2.45) is 22.3 Å². The first-order valence-electron chi connectivity index (χ1n) is 12.2. The van der Waals surface area contributed by atoms with Crippen LogP contribution in [0.5, 0.6) is 0 Å². The Morgan fingerprint density at radius 3 is 1.62 bits per heavy atom. The normalized spacial score (nSPS) is 15.0. The Balaban J connectivity index is 5.98. The number of nitrogens with two attached hydrogens (primary N) is 1. The molecule has 2 unspecified atom stereocenters.